The molecule has 2 heterocycles. The average molecular weight is 354 g/mol. The fourth-order valence-electron chi connectivity index (χ4n) is 3.84. The Labute approximate surface area is 143 Å². The van der Waals surface area contributed by atoms with E-state index in [-0.39, 0.29) is 35.0 Å². The predicted octanol–water partition coefficient (Wildman–Crippen LogP) is 2.48. The first kappa shape index (κ1) is 17.3. The molecule has 1 saturated heterocycles. The van der Waals surface area contributed by atoms with Crippen LogP contribution in [0.4, 0.5) is 4.79 Å². The lowest BCUT2D eigenvalue weighted by atomic mass is 9.75. The van der Waals surface area contributed by atoms with Crippen LogP contribution in [0.15, 0.2) is 10.5 Å². The Bertz CT molecular complexity index is 736. The number of fused-ring (bicyclic) bond motifs is 1. The predicted molar refractivity (Wildman–Crippen MR) is 91.6 cm³/mol. The monoisotopic (exact) mass is 354 g/mol. The van der Waals surface area contributed by atoms with Gasteiger partial charge in [-0.2, -0.15) is 0 Å². The van der Waals surface area contributed by atoms with E-state index in [0.717, 1.165) is 29.9 Å². The summed E-state index contributed by atoms with van der Waals surface area (Å²) in [7, 11) is -3.03. The highest BCUT2D eigenvalue weighted by molar-refractivity contribution is 7.91. The zero-order valence-electron chi connectivity index (χ0n) is 14.5. The van der Waals surface area contributed by atoms with Crippen LogP contribution in [0.2, 0.25) is 0 Å². The van der Waals surface area contributed by atoms with Crippen LogP contribution < -0.4 is 10.6 Å². The summed E-state index contributed by atoms with van der Waals surface area (Å²) >= 11 is 0. The number of amides is 2. The maximum Gasteiger partial charge on any atom is 0.315 e. The molecule has 1 aromatic heterocycles. The number of furan rings is 1. The van der Waals surface area contributed by atoms with Crippen LogP contribution in [-0.2, 0) is 16.3 Å². The highest BCUT2D eigenvalue weighted by Crippen LogP contribution is 2.41. The van der Waals surface area contributed by atoms with E-state index in [0.29, 0.717) is 12.8 Å². The van der Waals surface area contributed by atoms with Gasteiger partial charge in [0.2, 0.25) is 0 Å². The van der Waals surface area contributed by atoms with Gasteiger partial charge in [0.05, 0.1) is 17.5 Å². The van der Waals surface area contributed by atoms with Crippen molar-refractivity contribution in [3.8, 4) is 0 Å². The number of nitrogens with one attached hydrogen (secondary N) is 2. The van der Waals surface area contributed by atoms with E-state index in [4.69, 9.17) is 4.42 Å². The molecule has 6 nitrogen and oxygen atoms in total. The second-order valence-electron chi connectivity index (χ2n) is 7.90. The van der Waals surface area contributed by atoms with Gasteiger partial charge in [0.1, 0.15) is 11.5 Å². The maximum atomic E-state index is 12.4. The molecule has 1 aromatic rings. The van der Waals surface area contributed by atoms with Crippen molar-refractivity contribution in [1.29, 1.82) is 0 Å². The minimum atomic E-state index is -3.03. The third-order valence-corrected chi connectivity index (χ3v) is 6.66. The second kappa shape index (κ2) is 6.10. The number of carbonyl (C=O) groups excluding carboxylic acids is 1. The molecule has 24 heavy (non-hydrogen) atoms. The van der Waals surface area contributed by atoms with Crippen LogP contribution in [0.3, 0.4) is 0 Å². The van der Waals surface area contributed by atoms with Crippen LogP contribution in [0.1, 0.15) is 56.2 Å². The van der Waals surface area contributed by atoms with E-state index in [1.165, 1.54) is 0 Å². The molecule has 0 bridgehead atoms. The van der Waals surface area contributed by atoms with E-state index in [1.54, 1.807) is 0 Å². The van der Waals surface area contributed by atoms with Gasteiger partial charge < -0.3 is 15.1 Å². The quantitative estimate of drug-likeness (QED) is 0.854. The zero-order chi connectivity index (χ0) is 17.5. The summed E-state index contributed by atoms with van der Waals surface area (Å²) in [6.07, 6.45) is 3.00. The first-order valence-corrected chi connectivity index (χ1v) is 10.3. The molecule has 3 rings (SSSR count). The molecular weight excluding hydrogens is 328 g/mol. The largest absolute Gasteiger partial charge is 0.466 e. The highest BCUT2D eigenvalue weighted by atomic mass is 32.2. The lowest BCUT2D eigenvalue weighted by molar-refractivity contribution is 0.212. The van der Waals surface area contributed by atoms with Gasteiger partial charge >= 0.3 is 6.03 Å². The van der Waals surface area contributed by atoms with Gasteiger partial charge in [-0.25, -0.2) is 13.2 Å². The molecule has 2 aliphatic rings. The molecule has 1 aliphatic carbocycles. The molecule has 2 atom stereocenters. The summed E-state index contributed by atoms with van der Waals surface area (Å²) in [4.78, 5) is 12.4. The summed E-state index contributed by atoms with van der Waals surface area (Å²) in [5.41, 5.74) is 1.09. The molecule has 2 amide bonds. The van der Waals surface area contributed by atoms with Gasteiger partial charge in [0.25, 0.3) is 0 Å². The summed E-state index contributed by atoms with van der Waals surface area (Å²) in [5.74, 6) is 2.05. The Morgan fingerprint density at radius 3 is 2.79 bits per heavy atom. The van der Waals surface area contributed by atoms with Crippen molar-refractivity contribution in [2.45, 2.75) is 58.5 Å². The van der Waals surface area contributed by atoms with E-state index in [9.17, 15) is 13.2 Å². The molecule has 0 saturated carbocycles. The topological polar surface area (TPSA) is 88.4 Å². The van der Waals surface area contributed by atoms with Gasteiger partial charge in [-0.1, -0.05) is 13.8 Å². The molecule has 0 unspecified atom stereocenters. The van der Waals surface area contributed by atoms with E-state index in [2.05, 4.69) is 24.5 Å². The summed E-state index contributed by atoms with van der Waals surface area (Å²) in [6.45, 7) is 6.23. The smallest absolute Gasteiger partial charge is 0.315 e. The van der Waals surface area contributed by atoms with E-state index >= 15 is 0 Å². The van der Waals surface area contributed by atoms with Crippen LogP contribution in [0.5, 0.6) is 0 Å². The summed E-state index contributed by atoms with van der Waals surface area (Å²) in [5, 5.41) is 5.84. The van der Waals surface area contributed by atoms with Crippen LogP contribution in [-0.4, -0.2) is 32.0 Å². The lowest BCUT2D eigenvalue weighted by Gasteiger charge is -2.35. The van der Waals surface area contributed by atoms with Crippen LogP contribution in [0, 0.1) is 12.3 Å². The molecule has 0 spiro atoms. The number of rotatable bonds is 2. The van der Waals surface area contributed by atoms with Crippen molar-refractivity contribution < 1.29 is 17.6 Å². The van der Waals surface area contributed by atoms with E-state index < -0.39 is 9.84 Å². The van der Waals surface area contributed by atoms with Crippen molar-refractivity contribution in [2.75, 3.05) is 11.5 Å². The van der Waals surface area contributed by atoms with Crippen LogP contribution in [0.25, 0.3) is 0 Å². The minimum Gasteiger partial charge on any atom is -0.466 e. The molecule has 2 N–H and O–H groups in total. The second-order valence-corrected chi connectivity index (χ2v) is 10.1. The average Bonchev–Trinajstić information content (AvgIpc) is 2.76. The van der Waals surface area contributed by atoms with Crippen molar-refractivity contribution >= 4 is 15.9 Å². The van der Waals surface area contributed by atoms with E-state index in [1.807, 2.05) is 13.0 Å². The lowest BCUT2D eigenvalue weighted by Crippen LogP contribution is -2.49. The standard InChI is InChI=1S/C17H26N2O4S/c1-11-7-13-14(8-17(2,3)9-15(13)23-11)19-16(20)18-12-5-4-6-24(21,22)10-12/h7,12,14H,4-6,8-10H2,1-3H3,(H2,18,19,20)/t12-,14+/m0/s1. The Morgan fingerprint density at radius 1 is 1.33 bits per heavy atom. The highest BCUT2D eigenvalue weighted by Gasteiger charge is 2.36. The molecule has 1 fully saturated rings. The van der Waals surface area contributed by atoms with Crippen molar-refractivity contribution in [3.63, 3.8) is 0 Å². The fraction of sp³-hybridized carbons (Fsp3) is 0.706. The van der Waals surface area contributed by atoms with Crippen molar-refractivity contribution in [1.82, 2.24) is 10.6 Å². The normalized spacial score (nSPS) is 28.0. The first-order chi connectivity index (χ1) is 11.1. The Morgan fingerprint density at radius 2 is 2.08 bits per heavy atom. The Hall–Kier alpha value is -1.50. The van der Waals surface area contributed by atoms with Gasteiger partial charge in [-0.05, 0) is 37.7 Å². The summed E-state index contributed by atoms with van der Waals surface area (Å²) < 4.78 is 29.2. The molecule has 0 radical (unpaired) electrons. The third-order valence-electron chi connectivity index (χ3n) is 4.84. The number of carbonyl (C=O) groups is 1. The van der Waals surface area contributed by atoms with Gasteiger partial charge in [-0.3, -0.25) is 0 Å². The number of sulfone groups is 1. The van der Waals surface area contributed by atoms with Gasteiger partial charge in [0, 0.05) is 18.0 Å². The minimum absolute atomic E-state index is 0.0344. The Balaban J connectivity index is 1.68. The van der Waals surface area contributed by atoms with Crippen molar-refractivity contribution in [3.05, 3.63) is 23.2 Å². The number of hydrogen-bond donors (Lipinski definition) is 2. The number of aryl methyl sites for hydroxylation is 1. The maximum absolute atomic E-state index is 12.4. The Kier molecular flexibility index (Phi) is 4.40. The molecule has 134 valence electrons. The molecule has 1 aliphatic heterocycles. The zero-order valence-corrected chi connectivity index (χ0v) is 15.3. The summed E-state index contributed by atoms with van der Waals surface area (Å²) in [6, 6.07) is 1.28. The first-order valence-electron chi connectivity index (χ1n) is 8.50. The fourth-order valence-corrected chi connectivity index (χ4v) is 5.47. The van der Waals surface area contributed by atoms with Crippen molar-refractivity contribution in [2.24, 2.45) is 5.41 Å². The SMILES string of the molecule is Cc1cc2c(o1)CC(C)(C)C[C@H]2NC(=O)N[C@H]1CCCS(=O)(=O)C1. The molecule has 7 heteroatoms. The number of hydrogen-bond acceptors (Lipinski definition) is 4. The molecular formula is C17H26N2O4S. The van der Waals surface area contributed by atoms with Crippen LogP contribution >= 0.6 is 0 Å². The van der Waals surface area contributed by atoms with Gasteiger partial charge in [0.15, 0.2) is 9.84 Å². The number of urea groups is 1. The molecule has 0 aromatic carbocycles. The third kappa shape index (κ3) is 3.94. The van der Waals surface area contributed by atoms with Gasteiger partial charge in [-0.15, -0.1) is 0 Å².